The lowest BCUT2D eigenvalue weighted by Gasteiger charge is -2.23. The Labute approximate surface area is 111 Å². The maximum absolute atomic E-state index is 13.7. The molecule has 106 valence electrons. The largest absolute Gasteiger partial charge is 0.396 e. The Morgan fingerprint density at radius 3 is 2.68 bits per heavy atom. The standard InChI is InChI=1S/C12H16F2N2O2S/c1-2-8-4-3-5-16(8)19(17,18)12-7-11(15)9(13)6-10(12)14/h6-8H,2-5,15H2,1H3. The van der Waals surface area contributed by atoms with Crippen LogP contribution in [0.3, 0.4) is 0 Å². The molecule has 0 aliphatic carbocycles. The van der Waals surface area contributed by atoms with E-state index >= 15 is 0 Å². The number of anilines is 1. The van der Waals surface area contributed by atoms with Crippen LogP contribution in [0.4, 0.5) is 14.5 Å². The normalized spacial score (nSPS) is 20.9. The minimum absolute atomic E-state index is 0.129. The van der Waals surface area contributed by atoms with Gasteiger partial charge in [-0.2, -0.15) is 4.31 Å². The van der Waals surface area contributed by atoms with Crippen molar-refractivity contribution in [2.24, 2.45) is 0 Å². The molecule has 7 heteroatoms. The molecular weight excluding hydrogens is 274 g/mol. The highest BCUT2D eigenvalue weighted by Crippen LogP contribution is 2.30. The fourth-order valence-corrected chi connectivity index (χ4v) is 4.25. The van der Waals surface area contributed by atoms with Gasteiger partial charge >= 0.3 is 0 Å². The molecule has 0 spiro atoms. The van der Waals surface area contributed by atoms with Crippen molar-refractivity contribution in [1.29, 1.82) is 0 Å². The smallest absolute Gasteiger partial charge is 0.246 e. The predicted octanol–water partition coefficient (Wildman–Crippen LogP) is 2.11. The zero-order valence-electron chi connectivity index (χ0n) is 10.6. The van der Waals surface area contributed by atoms with Gasteiger partial charge in [-0.3, -0.25) is 0 Å². The number of hydrogen-bond acceptors (Lipinski definition) is 3. The van der Waals surface area contributed by atoms with Crippen LogP contribution in [-0.2, 0) is 10.0 Å². The molecule has 19 heavy (non-hydrogen) atoms. The third kappa shape index (κ3) is 2.44. The maximum Gasteiger partial charge on any atom is 0.246 e. The van der Waals surface area contributed by atoms with E-state index in [9.17, 15) is 17.2 Å². The number of nitrogens with zero attached hydrogens (tertiary/aromatic N) is 1. The van der Waals surface area contributed by atoms with Gasteiger partial charge in [-0.1, -0.05) is 6.92 Å². The first kappa shape index (κ1) is 14.2. The first-order valence-electron chi connectivity index (χ1n) is 6.14. The summed E-state index contributed by atoms with van der Waals surface area (Å²) in [5.41, 5.74) is 4.96. The van der Waals surface area contributed by atoms with Crippen molar-refractivity contribution >= 4 is 15.7 Å². The highest BCUT2D eigenvalue weighted by Gasteiger charge is 2.36. The van der Waals surface area contributed by atoms with E-state index in [1.165, 1.54) is 4.31 Å². The molecule has 2 N–H and O–H groups in total. The number of halogens is 2. The first-order valence-corrected chi connectivity index (χ1v) is 7.58. The van der Waals surface area contributed by atoms with Crippen molar-refractivity contribution in [3.05, 3.63) is 23.8 Å². The SMILES string of the molecule is CCC1CCCN1S(=O)(=O)c1cc(N)c(F)cc1F. The van der Waals surface area contributed by atoms with Crippen LogP contribution in [-0.4, -0.2) is 25.3 Å². The Bertz CT molecular complexity index is 590. The molecule has 2 rings (SSSR count). The second-order valence-corrected chi connectivity index (χ2v) is 6.48. The van der Waals surface area contributed by atoms with Gasteiger partial charge in [-0.05, 0) is 25.3 Å². The molecule has 0 amide bonds. The fourth-order valence-electron chi connectivity index (χ4n) is 2.40. The van der Waals surface area contributed by atoms with Gasteiger partial charge in [0.15, 0.2) is 0 Å². The fraction of sp³-hybridized carbons (Fsp3) is 0.500. The van der Waals surface area contributed by atoms with Crippen molar-refractivity contribution in [1.82, 2.24) is 4.31 Å². The summed E-state index contributed by atoms with van der Waals surface area (Å²) in [6.07, 6.45) is 2.17. The molecule has 1 aliphatic rings. The highest BCUT2D eigenvalue weighted by molar-refractivity contribution is 7.89. The summed E-state index contributed by atoms with van der Waals surface area (Å²) >= 11 is 0. The van der Waals surface area contributed by atoms with E-state index < -0.39 is 26.6 Å². The summed E-state index contributed by atoms with van der Waals surface area (Å²) in [5, 5.41) is 0. The van der Waals surface area contributed by atoms with Crippen molar-refractivity contribution < 1.29 is 17.2 Å². The van der Waals surface area contributed by atoms with Crippen LogP contribution in [0.5, 0.6) is 0 Å². The monoisotopic (exact) mass is 290 g/mol. The molecule has 0 bridgehead atoms. The van der Waals surface area contributed by atoms with E-state index in [4.69, 9.17) is 5.73 Å². The molecule has 4 nitrogen and oxygen atoms in total. The summed E-state index contributed by atoms with van der Waals surface area (Å²) in [4.78, 5) is -0.549. The second-order valence-electron chi connectivity index (χ2n) is 4.62. The maximum atomic E-state index is 13.7. The number of hydrogen-bond donors (Lipinski definition) is 1. The van der Waals surface area contributed by atoms with Crippen molar-refractivity contribution in [3.8, 4) is 0 Å². The van der Waals surface area contributed by atoms with Gasteiger partial charge in [0.05, 0.1) is 5.69 Å². The van der Waals surface area contributed by atoms with Crippen molar-refractivity contribution in [3.63, 3.8) is 0 Å². The Morgan fingerprint density at radius 2 is 2.05 bits per heavy atom. The van der Waals surface area contributed by atoms with Crippen LogP contribution in [0.25, 0.3) is 0 Å². The summed E-state index contributed by atoms with van der Waals surface area (Å²) < 4.78 is 52.9. The molecule has 0 saturated carbocycles. The van der Waals surface area contributed by atoms with E-state index in [1.54, 1.807) is 0 Å². The summed E-state index contributed by atoms with van der Waals surface area (Å²) in [6.45, 7) is 2.24. The van der Waals surface area contributed by atoms with Crippen LogP contribution in [0.15, 0.2) is 17.0 Å². The second kappa shape index (κ2) is 5.05. The molecule has 1 aliphatic heterocycles. The average molecular weight is 290 g/mol. The van der Waals surface area contributed by atoms with Gasteiger partial charge in [0.25, 0.3) is 0 Å². The summed E-state index contributed by atoms with van der Waals surface area (Å²) in [5.74, 6) is -2.06. The molecule has 1 heterocycles. The van der Waals surface area contributed by atoms with E-state index in [2.05, 4.69) is 0 Å². The van der Waals surface area contributed by atoms with E-state index in [0.29, 0.717) is 19.0 Å². The Morgan fingerprint density at radius 1 is 1.37 bits per heavy atom. The molecule has 1 fully saturated rings. The zero-order valence-corrected chi connectivity index (χ0v) is 11.4. The summed E-state index contributed by atoms with van der Waals surface area (Å²) in [6, 6.07) is 1.24. The minimum Gasteiger partial charge on any atom is -0.396 e. The van der Waals surface area contributed by atoms with E-state index in [1.807, 2.05) is 6.92 Å². The van der Waals surface area contributed by atoms with Crippen molar-refractivity contribution in [2.75, 3.05) is 12.3 Å². The Balaban J connectivity index is 2.48. The van der Waals surface area contributed by atoms with Crippen LogP contribution < -0.4 is 5.73 Å². The first-order chi connectivity index (χ1) is 8.87. The van der Waals surface area contributed by atoms with Gasteiger partial charge in [0, 0.05) is 18.7 Å². The molecular formula is C12H16F2N2O2S. The number of sulfonamides is 1. The van der Waals surface area contributed by atoms with E-state index in [0.717, 1.165) is 18.9 Å². The molecule has 0 radical (unpaired) electrons. The van der Waals surface area contributed by atoms with Crippen LogP contribution in [0.1, 0.15) is 26.2 Å². The number of rotatable bonds is 3. The van der Waals surface area contributed by atoms with Crippen molar-refractivity contribution in [2.45, 2.75) is 37.1 Å². The van der Waals surface area contributed by atoms with Crippen LogP contribution >= 0.6 is 0 Å². The molecule has 1 atom stereocenters. The average Bonchev–Trinajstić information content (AvgIpc) is 2.82. The molecule has 1 aromatic carbocycles. The highest BCUT2D eigenvalue weighted by atomic mass is 32.2. The van der Waals surface area contributed by atoms with Crippen LogP contribution in [0, 0.1) is 11.6 Å². The third-order valence-corrected chi connectivity index (χ3v) is 5.40. The van der Waals surface area contributed by atoms with Gasteiger partial charge in [-0.25, -0.2) is 17.2 Å². The third-order valence-electron chi connectivity index (χ3n) is 3.43. The number of nitrogens with two attached hydrogens (primary N) is 1. The Hall–Kier alpha value is -1.21. The van der Waals surface area contributed by atoms with Gasteiger partial charge < -0.3 is 5.73 Å². The summed E-state index contributed by atoms with van der Waals surface area (Å²) in [7, 11) is -3.96. The zero-order chi connectivity index (χ0) is 14.2. The molecule has 1 saturated heterocycles. The quantitative estimate of drug-likeness (QED) is 0.867. The van der Waals surface area contributed by atoms with Gasteiger partial charge in [0.2, 0.25) is 10.0 Å². The van der Waals surface area contributed by atoms with E-state index in [-0.39, 0.29) is 11.7 Å². The van der Waals surface area contributed by atoms with Crippen LogP contribution in [0.2, 0.25) is 0 Å². The predicted molar refractivity (Wildman–Crippen MR) is 68.0 cm³/mol. The molecule has 1 unspecified atom stereocenters. The Kier molecular flexibility index (Phi) is 3.78. The number of nitrogen functional groups attached to an aromatic ring is 1. The minimum atomic E-state index is -3.96. The lowest BCUT2D eigenvalue weighted by atomic mass is 10.2. The number of benzene rings is 1. The lowest BCUT2D eigenvalue weighted by Crippen LogP contribution is -2.35. The lowest BCUT2D eigenvalue weighted by molar-refractivity contribution is 0.377. The molecule has 1 aromatic rings. The van der Waals surface area contributed by atoms with Gasteiger partial charge in [-0.15, -0.1) is 0 Å². The molecule has 0 aromatic heterocycles. The topological polar surface area (TPSA) is 63.4 Å². The van der Waals surface area contributed by atoms with Gasteiger partial charge in [0.1, 0.15) is 16.5 Å².